The van der Waals surface area contributed by atoms with Crippen LogP contribution in [0.25, 0.3) is 16.9 Å². The van der Waals surface area contributed by atoms with E-state index >= 15 is 0 Å². The Morgan fingerprint density at radius 3 is 2.67 bits per heavy atom. The van der Waals surface area contributed by atoms with Crippen molar-refractivity contribution in [3.8, 4) is 17.0 Å². The molecule has 4 aromatic rings. The molecule has 1 N–H and O–H groups in total. The van der Waals surface area contributed by atoms with Crippen LogP contribution in [0.4, 0.5) is 19.0 Å². The van der Waals surface area contributed by atoms with Crippen molar-refractivity contribution < 1.29 is 22.7 Å². The van der Waals surface area contributed by atoms with E-state index in [4.69, 9.17) is 0 Å². The number of fused-ring (bicyclic) bond motifs is 1. The molecule has 0 aliphatic heterocycles. The lowest BCUT2D eigenvalue weighted by Crippen LogP contribution is -2.18. The van der Waals surface area contributed by atoms with Gasteiger partial charge < -0.3 is 10.1 Å². The van der Waals surface area contributed by atoms with E-state index in [2.05, 4.69) is 30.1 Å². The summed E-state index contributed by atoms with van der Waals surface area (Å²) >= 11 is 0. The first-order valence-electron chi connectivity index (χ1n) is 8.61. The predicted molar refractivity (Wildman–Crippen MR) is 99.8 cm³/mol. The first-order valence-corrected chi connectivity index (χ1v) is 8.61. The highest BCUT2D eigenvalue weighted by atomic mass is 19.4. The molecule has 11 heteroatoms. The second kappa shape index (κ2) is 7.43. The van der Waals surface area contributed by atoms with Crippen molar-refractivity contribution in [2.24, 2.45) is 0 Å². The molecule has 0 unspecified atom stereocenters. The third-order valence-electron chi connectivity index (χ3n) is 4.08. The van der Waals surface area contributed by atoms with Gasteiger partial charge >= 0.3 is 6.36 Å². The van der Waals surface area contributed by atoms with E-state index in [0.29, 0.717) is 11.3 Å². The summed E-state index contributed by atoms with van der Waals surface area (Å²) in [6.45, 7) is 1.63. The van der Waals surface area contributed by atoms with Gasteiger partial charge in [0.2, 0.25) is 0 Å². The molecule has 152 valence electrons. The number of nitrogens with zero attached hydrogens (tertiary/aromatic N) is 5. The van der Waals surface area contributed by atoms with E-state index in [-0.39, 0.29) is 22.8 Å². The van der Waals surface area contributed by atoms with Crippen molar-refractivity contribution in [1.82, 2.24) is 24.6 Å². The molecule has 0 spiro atoms. The molecule has 0 saturated heterocycles. The summed E-state index contributed by atoms with van der Waals surface area (Å²) < 4.78 is 43.6. The Kier molecular flexibility index (Phi) is 4.78. The van der Waals surface area contributed by atoms with Gasteiger partial charge in [-0.2, -0.15) is 5.10 Å². The summed E-state index contributed by atoms with van der Waals surface area (Å²) in [6.07, 6.45) is -2.10. The summed E-state index contributed by atoms with van der Waals surface area (Å²) in [5, 5.41) is 6.95. The fourth-order valence-electron chi connectivity index (χ4n) is 2.88. The Labute approximate surface area is 167 Å². The summed E-state index contributed by atoms with van der Waals surface area (Å²) in [5.41, 5.74) is 1.17. The number of hydrogen-bond acceptors (Lipinski definition) is 6. The number of carbonyl (C=O) groups excluding carboxylic acids is 1. The van der Waals surface area contributed by atoms with Crippen LogP contribution in [-0.4, -0.2) is 36.8 Å². The number of nitrogens with one attached hydrogen (secondary N) is 1. The highest BCUT2D eigenvalue weighted by Gasteiger charge is 2.32. The molecule has 4 rings (SSSR count). The molecular formula is C19H13F3N6O2. The van der Waals surface area contributed by atoms with Gasteiger partial charge in [-0.1, -0.05) is 12.1 Å². The van der Waals surface area contributed by atoms with Crippen molar-refractivity contribution in [3.63, 3.8) is 0 Å². The fraction of sp³-hybridized carbons (Fsp3) is 0.105. The Bertz CT molecular complexity index is 1220. The number of hydrogen-bond donors (Lipinski definition) is 1. The van der Waals surface area contributed by atoms with Gasteiger partial charge in [0.1, 0.15) is 17.9 Å². The second-order valence-corrected chi connectivity index (χ2v) is 6.13. The van der Waals surface area contributed by atoms with E-state index < -0.39 is 18.0 Å². The first-order chi connectivity index (χ1) is 14.3. The maximum absolute atomic E-state index is 12.8. The third-order valence-corrected chi connectivity index (χ3v) is 4.08. The number of alkyl halides is 3. The highest BCUT2D eigenvalue weighted by Crippen LogP contribution is 2.32. The normalized spacial score (nSPS) is 11.5. The SMILES string of the molecule is Cc1nc2ccc(-c3ccccc3OC(F)(F)F)nn2c1C(=O)Nc1ccncn1. The van der Waals surface area contributed by atoms with Crippen molar-refractivity contribution in [3.05, 3.63) is 66.4 Å². The van der Waals surface area contributed by atoms with Crippen LogP contribution >= 0.6 is 0 Å². The minimum absolute atomic E-state index is 0.116. The number of benzene rings is 1. The van der Waals surface area contributed by atoms with Crippen molar-refractivity contribution in [2.75, 3.05) is 5.32 Å². The lowest BCUT2D eigenvalue weighted by Gasteiger charge is -2.13. The number of carbonyl (C=O) groups is 1. The molecule has 0 aliphatic carbocycles. The van der Waals surface area contributed by atoms with Crippen LogP contribution in [0.15, 0.2) is 55.0 Å². The van der Waals surface area contributed by atoms with Crippen molar-refractivity contribution >= 4 is 17.4 Å². The Hall–Kier alpha value is -4.02. The number of para-hydroxylation sites is 1. The van der Waals surface area contributed by atoms with E-state index in [1.165, 1.54) is 47.4 Å². The van der Waals surface area contributed by atoms with E-state index in [0.717, 1.165) is 0 Å². The molecule has 0 atom stereocenters. The number of aryl methyl sites for hydroxylation is 1. The summed E-state index contributed by atoms with van der Waals surface area (Å²) in [7, 11) is 0. The number of imidazole rings is 1. The van der Waals surface area contributed by atoms with Crippen LogP contribution in [-0.2, 0) is 0 Å². The summed E-state index contributed by atoms with van der Waals surface area (Å²) in [5.74, 6) is -0.645. The topological polar surface area (TPSA) is 94.3 Å². The Morgan fingerprint density at radius 2 is 1.93 bits per heavy atom. The number of halogens is 3. The maximum Gasteiger partial charge on any atom is 0.573 e. The molecule has 0 fully saturated rings. The molecule has 3 aromatic heterocycles. The third kappa shape index (κ3) is 3.90. The quantitative estimate of drug-likeness (QED) is 0.548. The Balaban J connectivity index is 1.77. The van der Waals surface area contributed by atoms with Crippen LogP contribution in [0.2, 0.25) is 0 Å². The van der Waals surface area contributed by atoms with Crippen LogP contribution in [0.3, 0.4) is 0 Å². The highest BCUT2D eigenvalue weighted by molar-refractivity contribution is 6.03. The average Bonchev–Trinajstić information content (AvgIpc) is 3.03. The van der Waals surface area contributed by atoms with Crippen molar-refractivity contribution in [2.45, 2.75) is 13.3 Å². The zero-order chi connectivity index (χ0) is 21.3. The van der Waals surface area contributed by atoms with Crippen LogP contribution < -0.4 is 10.1 Å². The Morgan fingerprint density at radius 1 is 1.13 bits per heavy atom. The van der Waals surface area contributed by atoms with Crippen LogP contribution in [0.1, 0.15) is 16.2 Å². The predicted octanol–water partition coefficient (Wildman–Crippen LogP) is 3.65. The van der Waals surface area contributed by atoms with Gasteiger partial charge in [-0.25, -0.2) is 19.5 Å². The number of amides is 1. The van der Waals surface area contributed by atoms with Crippen LogP contribution in [0.5, 0.6) is 5.75 Å². The molecule has 3 heterocycles. The van der Waals surface area contributed by atoms with Gasteiger partial charge in [-0.05, 0) is 37.3 Å². The molecule has 0 aliphatic rings. The molecule has 0 radical (unpaired) electrons. The minimum Gasteiger partial charge on any atom is -0.405 e. The first kappa shape index (κ1) is 19.3. The van der Waals surface area contributed by atoms with Gasteiger partial charge in [-0.3, -0.25) is 4.79 Å². The van der Waals surface area contributed by atoms with E-state index in [1.54, 1.807) is 19.1 Å². The number of aromatic nitrogens is 5. The fourth-order valence-corrected chi connectivity index (χ4v) is 2.88. The molecule has 1 amide bonds. The molecular weight excluding hydrogens is 401 g/mol. The van der Waals surface area contributed by atoms with Gasteiger partial charge in [0.25, 0.3) is 5.91 Å². The maximum atomic E-state index is 12.8. The molecule has 0 bridgehead atoms. The lowest BCUT2D eigenvalue weighted by molar-refractivity contribution is -0.274. The zero-order valence-electron chi connectivity index (χ0n) is 15.4. The standard InChI is InChI=1S/C19H13F3N6O2/c1-11-17(18(29)26-15-8-9-23-10-24-15)28-16(25-11)7-6-13(27-28)12-4-2-3-5-14(12)30-19(20,21)22/h2-10H,1H3,(H,23,24,26,29). The largest absolute Gasteiger partial charge is 0.573 e. The van der Waals surface area contributed by atoms with Crippen LogP contribution in [0, 0.1) is 6.92 Å². The number of anilines is 1. The number of ether oxygens (including phenoxy) is 1. The molecule has 8 nitrogen and oxygen atoms in total. The van der Waals surface area contributed by atoms with Gasteiger partial charge in [0, 0.05) is 11.8 Å². The minimum atomic E-state index is -4.85. The smallest absolute Gasteiger partial charge is 0.405 e. The molecule has 0 saturated carbocycles. The van der Waals surface area contributed by atoms with E-state index in [9.17, 15) is 18.0 Å². The van der Waals surface area contributed by atoms with Gasteiger partial charge in [0.05, 0.1) is 11.4 Å². The summed E-state index contributed by atoms with van der Waals surface area (Å²) in [4.78, 5) is 24.8. The zero-order valence-corrected chi connectivity index (χ0v) is 15.4. The summed E-state index contributed by atoms with van der Waals surface area (Å²) in [6, 6.07) is 10.2. The monoisotopic (exact) mass is 414 g/mol. The van der Waals surface area contributed by atoms with Crippen molar-refractivity contribution in [1.29, 1.82) is 0 Å². The van der Waals surface area contributed by atoms with E-state index in [1.807, 2.05) is 0 Å². The van der Waals surface area contributed by atoms with Gasteiger partial charge in [0.15, 0.2) is 11.3 Å². The van der Waals surface area contributed by atoms with Gasteiger partial charge in [-0.15, -0.1) is 13.2 Å². The molecule has 1 aromatic carbocycles. The molecule has 30 heavy (non-hydrogen) atoms. The second-order valence-electron chi connectivity index (χ2n) is 6.13. The number of rotatable bonds is 4. The average molecular weight is 414 g/mol. The lowest BCUT2D eigenvalue weighted by atomic mass is 10.1.